The van der Waals surface area contributed by atoms with E-state index in [1.165, 1.54) is 5.56 Å². The zero-order valence-corrected chi connectivity index (χ0v) is 15.3. The van der Waals surface area contributed by atoms with E-state index < -0.39 is 0 Å². The minimum Gasteiger partial charge on any atom is -0.393 e. The van der Waals surface area contributed by atoms with E-state index >= 15 is 0 Å². The number of aliphatic imine (C=N–C) groups is 1. The molecule has 1 aliphatic heterocycles. The first-order valence-electron chi connectivity index (χ1n) is 8.96. The molecule has 1 aliphatic rings. The van der Waals surface area contributed by atoms with E-state index in [0.717, 1.165) is 64.5 Å². The third-order valence-corrected chi connectivity index (χ3v) is 4.33. The summed E-state index contributed by atoms with van der Waals surface area (Å²) in [5, 5.41) is 17.1. The molecule has 0 saturated carbocycles. The Morgan fingerprint density at radius 3 is 2.83 bits per heavy atom. The number of nitrogens with zero attached hydrogens (tertiary/aromatic N) is 5. The third kappa shape index (κ3) is 6.13. The molecule has 2 rings (SSSR count). The van der Waals surface area contributed by atoms with Crippen molar-refractivity contribution in [1.29, 1.82) is 0 Å². The Labute approximate surface area is 145 Å². The van der Waals surface area contributed by atoms with Crippen molar-refractivity contribution in [2.75, 3.05) is 39.8 Å². The maximum Gasteiger partial charge on any atom is 0.193 e. The molecule has 0 aromatic carbocycles. The fourth-order valence-corrected chi connectivity index (χ4v) is 2.99. The molecular formula is C17H32N6O. The molecule has 24 heavy (non-hydrogen) atoms. The van der Waals surface area contributed by atoms with Crippen LogP contribution < -0.4 is 5.32 Å². The van der Waals surface area contributed by atoms with Crippen molar-refractivity contribution < 1.29 is 5.11 Å². The van der Waals surface area contributed by atoms with Gasteiger partial charge in [0.15, 0.2) is 5.96 Å². The Kier molecular flexibility index (Phi) is 7.52. The van der Waals surface area contributed by atoms with Crippen molar-refractivity contribution in [2.45, 2.75) is 38.8 Å². The number of nitrogens with one attached hydrogen (secondary N) is 1. The molecule has 136 valence electrons. The fraction of sp³-hybridized carbons (Fsp3) is 0.765. The van der Waals surface area contributed by atoms with Crippen LogP contribution in [0.15, 0.2) is 17.4 Å². The molecule has 2 heterocycles. The van der Waals surface area contributed by atoms with Crippen LogP contribution in [0, 0.1) is 0 Å². The van der Waals surface area contributed by atoms with E-state index in [4.69, 9.17) is 4.99 Å². The van der Waals surface area contributed by atoms with Crippen molar-refractivity contribution in [3.05, 3.63) is 18.0 Å². The molecule has 7 heteroatoms. The van der Waals surface area contributed by atoms with Gasteiger partial charge >= 0.3 is 0 Å². The van der Waals surface area contributed by atoms with Gasteiger partial charge in [-0.1, -0.05) is 0 Å². The molecule has 0 radical (unpaired) electrons. The van der Waals surface area contributed by atoms with E-state index in [9.17, 15) is 5.11 Å². The van der Waals surface area contributed by atoms with Crippen molar-refractivity contribution in [3.63, 3.8) is 0 Å². The molecule has 1 aromatic heterocycles. The number of hydrogen-bond donors (Lipinski definition) is 2. The molecule has 0 atom stereocenters. The second kappa shape index (κ2) is 9.64. The van der Waals surface area contributed by atoms with Gasteiger partial charge in [0.2, 0.25) is 0 Å². The minimum atomic E-state index is -0.0965. The SMILES string of the molecule is CCNC(=NCCCN1CCC(O)CC1)N(C)Cc1cnn(C)c1. The lowest BCUT2D eigenvalue weighted by atomic mass is 10.1. The highest BCUT2D eigenvalue weighted by Crippen LogP contribution is 2.10. The average molecular weight is 336 g/mol. The molecular weight excluding hydrogens is 304 g/mol. The first-order chi connectivity index (χ1) is 11.6. The van der Waals surface area contributed by atoms with Gasteiger partial charge in [-0.15, -0.1) is 0 Å². The summed E-state index contributed by atoms with van der Waals surface area (Å²) in [6.07, 6.45) is 6.68. The molecule has 0 spiro atoms. The Bertz CT molecular complexity index is 507. The number of aliphatic hydroxyl groups excluding tert-OH is 1. The predicted molar refractivity (Wildman–Crippen MR) is 97.0 cm³/mol. The number of aryl methyl sites for hydroxylation is 1. The first-order valence-corrected chi connectivity index (χ1v) is 8.96. The van der Waals surface area contributed by atoms with Crippen molar-refractivity contribution in [1.82, 2.24) is 24.9 Å². The summed E-state index contributed by atoms with van der Waals surface area (Å²) in [7, 11) is 3.99. The molecule has 0 unspecified atom stereocenters. The van der Waals surface area contributed by atoms with Crippen LogP contribution in [0.5, 0.6) is 0 Å². The van der Waals surface area contributed by atoms with E-state index in [1.807, 2.05) is 24.1 Å². The van der Waals surface area contributed by atoms with Crippen molar-refractivity contribution in [3.8, 4) is 0 Å². The molecule has 1 aromatic rings. The lowest BCUT2D eigenvalue weighted by molar-refractivity contribution is 0.0824. The van der Waals surface area contributed by atoms with E-state index in [2.05, 4.69) is 34.2 Å². The van der Waals surface area contributed by atoms with Crippen LogP contribution in [0.4, 0.5) is 0 Å². The monoisotopic (exact) mass is 336 g/mol. The summed E-state index contributed by atoms with van der Waals surface area (Å²) >= 11 is 0. The summed E-state index contributed by atoms with van der Waals surface area (Å²) < 4.78 is 1.82. The van der Waals surface area contributed by atoms with Gasteiger partial charge in [0.1, 0.15) is 0 Å². The Hall–Kier alpha value is -1.60. The third-order valence-electron chi connectivity index (χ3n) is 4.33. The number of aliphatic hydroxyl groups is 1. The van der Waals surface area contributed by atoms with Crippen molar-refractivity contribution in [2.24, 2.45) is 12.0 Å². The van der Waals surface area contributed by atoms with Gasteiger partial charge in [-0.05, 0) is 32.7 Å². The Morgan fingerprint density at radius 2 is 2.21 bits per heavy atom. The zero-order valence-electron chi connectivity index (χ0n) is 15.3. The normalized spacial score (nSPS) is 17.2. The molecule has 0 aliphatic carbocycles. The molecule has 1 fully saturated rings. The van der Waals surface area contributed by atoms with Crippen LogP contribution in [0.1, 0.15) is 31.7 Å². The lowest BCUT2D eigenvalue weighted by Crippen LogP contribution is -2.39. The second-order valence-corrected chi connectivity index (χ2v) is 6.54. The molecule has 7 nitrogen and oxygen atoms in total. The van der Waals surface area contributed by atoms with Gasteiger partial charge in [-0.3, -0.25) is 9.67 Å². The number of hydrogen-bond acceptors (Lipinski definition) is 4. The largest absolute Gasteiger partial charge is 0.393 e. The average Bonchev–Trinajstić information content (AvgIpc) is 2.97. The second-order valence-electron chi connectivity index (χ2n) is 6.54. The topological polar surface area (TPSA) is 68.9 Å². The number of likely N-dealkylation sites (tertiary alicyclic amines) is 1. The molecule has 2 N–H and O–H groups in total. The summed E-state index contributed by atoms with van der Waals surface area (Å²) in [5.41, 5.74) is 1.18. The highest BCUT2D eigenvalue weighted by atomic mass is 16.3. The van der Waals surface area contributed by atoms with Gasteiger partial charge in [-0.25, -0.2) is 0 Å². The van der Waals surface area contributed by atoms with E-state index in [-0.39, 0.29) is 6.10 Å². The first kappa shape index (κ1) is 18.7. The quantitative estimate of drug-likeness (QED) is 0.435. The fourth-order valence-electron chi connectivity index (χ4n) is 2.99. The lowest BCUT2D eigenvalue weighted by Gasteiger charge is -2.29. The molecule has 1 saturated heterocycles. The van der Waals surface area contributed by atoms with Crippen LogP contribution in [0.3, 0.4) is 0 Å². The molecule has 0 bridgehead atoms. The Morgan fingerprint density at radius 1 is 1.46 bits per heavy atom. The minimum absolute atomic E-state index is 0.0965. The summed E-state index contributed by atoms with van der Waals surface area (Å²) in [4.78, 5) is 9.31. The number of guanidine groups is 1. The van der Waals surface area contributed by atoms with E-state index in [1.54, 1.807) is 0 Å². The van der Waals surface area contributed by atoms with Crippen molar-refractivity contribution >= 4 is 5.96 Å². The predicted octanol–water partition coefficient (Wildman–Crippen LogP) is 0.664. The van der Waals surface area contributed by atoms with Crippen LogP contribution in [0.2, 0.25) is 0 Å². The smallest absolute Gasteiger partial charge is 0.193 e. The maximum absolute atomic E-state index is 9.55. The number of rotatable bonds is 7. The highest BCUT2D eigenvalue weighted by molar-refractivity contribution is 5.79. The molecule has 0 amide bonds. The van der Waals surface area contributed by atoms with Gasteiger partial charge < -0.3 is 20.2 Å². The standard InChI is InChI=1S/C17H32N6O/c1-4-18-17(21(2)13-15-12-20-22(3)14-15)19-8-5-9-23-10-6-16(24)7-11-23/h12,14,16,24H,4-11,13H2,1-3H3,(H,18,19). The summed E-state index contributed by atoms with van der Waals surface area (Å²) in [6, 6.07) is 0. The van der Waals surface area contributed by atoms with Crippen LogP contribution >= 0.6 is 0 Å². The van der Waals surface area contributed by atoms with Crippen LogP contribution in [-0.2, 0) is 13.6 Å². The van der Waals surface area contributed by atoms with Gasteiger partial charge in [-0.2, -0.15) is 5.10 Å². The summed E-state index contributed by atoms with van der Waals surface area (Å²) in [6.45, 7) is 7.63. The number of aromatic nitrogens is 2. The van der Waals surface area contributed by atoms with Gasteiger partial charge in [0.25, 0.3) is 0 Å². The van der Waals surface area contributed by atoms with Crippen LogP contribution in [0.25, 0.3) is 0 Å². The van der Waals surface area contributed by atoms with Gasteiger partial charge in [0.05, 0.1) is 12.3 Å². The van der Waals surface area contributed by atoms with Gasteiger partial charge in [0, 0.05) is 58.6 Å². The zero-order chi connectivity index (χ0) is 17.4. The summed E-state index contributed by atoms with van der Waals surface area (Å²) in [5.74, 6) is 0.940. The van der Waals surface area contributed by atoms with E-state index in [0.29, 0.717) is 0 Å². The maximum atomic E-state index is 9.55. The number of piperidine rings is 1. The Balaban J connectivity index is 1.77. The highest BCUT2D eigenvalue weighted by Gasteiger charge is 2.16. The van der Waals surface area contributed by atoms with Crippen LogP contribution in [-0.4, -0.2) is 76.5 Å².